The predicted octanol–water partition coefficient (Wildman–Crippen LogP) is 3.03. The van der Waals surface area contributed by atoms with E-state index in [0.717, 1.165) is 10.8 Å². The summed E-state index contributed by atoms with van der Waals surface area (Å²) >= 11 is 0. The molecule has 2 heterocycles. The van der Waals surface area contributed by atoms with Crippen LogP contribution in [0.5, 0.6) is 0 Å². The first-order chi connectivity index (χ1) is 12.9. The molecule has 0 spiro atoms. The maximum Gasteiger partial charge on any atom is 0.335 e. The van der Waals surface area contributed by atoms with Crippen LogP contribution in [0, 0.1) is 5.82 Å². The molecular formula is C19H18FN3O4. The topological polar surface area (TPSA) is 84.1 Å². The summed E-state index contributed by atoms with van der Waals surface area (Å²) in [5.74, 6) is -2.33. The van der Waals surface area contributed by atoms with Crippen LogP contribution in [0.4, 0.5) is 4.39 Å². The molecule has 0 aliphatic carbocycles. The van der Waals surface area contributed by atoms with Crippen molar-refractivity contribution < 1.29 is 23.9 Å². The Labute approximate surface area is 154 Å². The van der Waals surface area contributed by atoms with Crippen LogP contribution in [0.2, 0.25) is 0 Å². The highest BCUT2D eigenvalue weighted by atomic mass is 19.1. The highest BCUT2D eigenvalue weighted by molar-refractivity contribution is 5.94. The van der Waals surface area contributed by atoms with Crippen LogP contribution >= 0.6 is 0 Å². The first-order valence-electron chi connectivity index (χ1n) is 8.23. The van der Waals surface area contributed by atoms with Crippen molar-refractivity contribution in [1.29, 1.82) is 0 Å². The quantitative estimate of drug-likeness (QED) is 0.697. The number of hydrogen-bond acceptors (Lipinski definition) is 4. The zero-order valence-electron chi connectivity index (χ0n) is 15.1. The second-order valence-electron chi connectivity index (χ2n) is 5.89. The van der Waals surface area contributed by atoms with Crippen LogP contribution in [0.3, 0.4) is 0 Å². The Balaban J connectivity index is 2.10. The number of carbonyl (C=O) groups excluding carboxylic acids is 1. The SMILES string of the molecule is CCc1c(-c2ccc(C(=O)N(C)OC)c(F)c2)nc2cc(C(=O)O)ccn12. The molecule has 3 rings (SSSR count). The van der Waals surface area contributed by atoms with Crippen molar-refractivity contribution >= 4 is 17.5 Å². The average molecular weight is 371 g/mol. The average Bonchev–Trinajstić information content (AvgIpc) is 3.04. The zero-order chi connectivity index (χ0) is 19.7. The van der Waals surface area contributed by atoms with Crippen molar-refractivity contribution in [2.45, 2.75) is 13.3 Å². The van der Waals surface area contributed by atoms with E-state index in [1.54, 1.807) is 16.7 Å². The number of carbonyl (C=O) groups is 2. The van der Waals surface area contributed by atoms with Gasteiger partial charge in [0.05, 0.1) is 29.6 Å². The van der Waals surface area contributed by atoms with Crippen molar-refractivity contribution in [2.75, 3.05) is 14.2 Å². The largest absolute Gasteiger partial charge is 0.478 e. The van der Waals surface area contributed by atoms with Gasteiger partial charge in [-0.3, -0.25) is 9.63 Å². The number of aromatic carboxylic acids is 1. The van der Waals surface area contributed by atoms with E-state index < -0.39 is 17.7 Å². The van der Waals surface area contributed by atoms with E-state index in [2.05, 4.69) is 4.98 Å². The summed E-state index contributed by atoms with van der Waals surface area (Å²) in [7, 11) is 2.72. The number of halogens is 1. The van der Waals surface area contributed by atoms with Crippen LogP contribution in [0.1, 0.15) is 33.3 Å². The Kier molecular flexibility index (Phi) is 4.91. The number of amides is 1. The lowest BCUT2D eigenvalue weighted by atomic mass is 10.1. The lowest BCUT2D eigenvalue weighted by Crippen LogP contribution is -2.26. The molecule has 2 aromatic heterocycles. The van der Waals surface area contributed by atoms with Gasteiger partial charge in [-0.05, 0) is 30.7 Å². The second-order valence-corrected chi connectivity index (χ2v) is 5.89. The molecule has 0 atom stereocenters. The Morgan fingerprint density at radius 3 is 2.63 bits per heavy atom. The number of carboxylic acids is 1. The molecule has 1 amide bonds. The number of carboxylic acid groups (broad SMARTS) is 1. The normalized spacial score (nSPS) is 11.0. The molecule has 27 heavy (non-hydrogen) atoms. The molecule has 3 aromatic rings. The van der Waals surface area contributed by atoms with E-state index in [1.807, 2.05) is 6.92 Å². The number of aromatic nitrogens is 2. The Morgan fingerprint density at radius 1 is 1.30 bits per heavy atom. The molecule has 0 aliphatic rings. The van der Waals surface area contributed by atoms with Crippen LogP contribution < -0.4 is 0 Å². The fraction of sp³-hybridized carbons (Fsp3) is 0.211. The Bertz CT molecular complexity index is 1040. The van der Waals surface area contributed by atoms with E-state index >= 15 is 0 Å². The monoisotopic (exact) mass is 371 g/mol. The third kappa shape index (κ3) is 3.26. The van der Waals surface area contributed by atoms with E-state index in [0.29, 0.717) is 23.3 Å². The van der Waals surface area contributed by atoms with Crippen LogP contribution in [0.15, 0.2) is 36.5 Å². The lowest BCUT2D eigenvalue weighted by molar-refractivity contribution is -0.0759. The van der Waals surface area contributed by atoms with Crippen molar-refractivity contribution in [3.8, 4) is 11.3 Å². The van der Waals surface area contributed by atoms with Gasteiger partial charge < -0.3 is 9.51 Å². The Morgan fingerprint density at radius 2 is 2.04 bits per heavy atom. The number of pyridine rings is 1. The van der Waals surface area contributed by atoms with E-state index in [1.165, 1.54) is 38.4 Å². The number of rotatable bonds is 5. The molecule has 0 bridgehead atoms. The fourth-order valence-corrected chi connectivity index (χ4v) is 2.89. The number of aryl methyl sites for hydroxylation is 1. The molecule has 0 aliphatic heterocycles. The van der Waals surface area contributed by atoms with Gasteiger partial charge >= 0.3 is 5.97 Å². The maximum absolute atomic E-state index is 14.5. The molecule has 0 saturated carbocycles. The van der Waals surface area contributed by atoms with Crippen LogP contribution in [0.25, 0.3) is 16.9 Å². The Hall–Kier alpha value is -3.26. The van der Waals surface area contributed by atoms with Gasteiger partial charge in [0.1, 0.15) is 11.5 Å². The number of nitrogens with zero attached hydrogens (tertiary/aromatic N) is 3. The van der Waals surface area contributed by atoms with Gasteiger partial charge in [-0.1, -0.05) is 13.0 Å². The first-order valence-corrected chi connectivity index (χ1v) is 8.23. The molecule has 0 saturated heterocycles. The summed E-state index contributed by atoms with van der Waals surface area (Å²) in [5, 5.41) is 10.1. The fourth-order valence-electron chi connectivity index (χ4n) is 2.89. The minimum absolute atomic E-state index is 0.113. The van der Waals surface area contributed by atoms with Crippen LogP contribution in [-0.4, -0.2) is 45.6 Å². The van der Waals surface area contributed by atoms with Crippen molar-refractivity contribution in [3.05, 3.63) is 59.2 Å². The third-order valence-corrected chi connectivity index (χ3v) is 4.34. The van der Waals surface area contributed by atoms with Gasteiger partial charge in [0, 0.05) is 18.8 Å². The van der Waals surface area contributed by atoms with Gasteiger partial charge in [0.2, 0.25) is 0 Å². The molecule has 1 aromatic carbocycles. The summed E-state index contributed by atoms with van der Waals surface area (Å²) in [4.78, 5) is 32.5. The number of benzene rings is 1. The molecule has 0 unspecified atom stereocenters. The third-order valence-electron chi connectivity index (χ3n) is 4.34. The highest BCUT2D eigenvalue weighted by Gasteiger charge is 2.19. The van der Waals surface area contributed by atoms with Crippen molar-refractivity contribution in [1.82, 2.24) is 14.4 Å². The van der Waals surface area contributed by atoms with Gasteiger partial charge in [-0.15, -0.1) is 0 Å². The van der Waals surface area contributed by atoms with Gasteiger partial charge in [-0.25, -0.2) is 19.2 Å². The molecule has 1 N–H and O–H groups in total. The number of imidazole rings is 1. The summed E-state index contributed by atoms with van der Waals surface area (Å²) in [6, 6.07) is 7.19. The van der Waals surface area contributed by atoms with E-state index in [-0.39, 0.29) is 11.1 Å². The first kappa shape index (κ1) is 18.5. The van der Waals surface area contributed by atoms with Crippen LogP contribution in [-0.2, 0) is 11.3 Å². The maximum atomic E-state index is 14.5. The summed E-state index contributed by atoms with van der Waals surface area (Å²) < 4.78 is 16.3. The molecule has 0 radical (unpaired) electrons. The minimum Gasteiger partial charge on any atom is -0.478 e. The summed E-state index contributed by atoms with van der Waals surface area (Å²) in [6.07, 6.45) is 2.24. The van der Waals surface area contributed by atoms with Gasteiger partial charge in [0.25, 0.3) is 5.91 Å². The number of hydroxylamine groups is 2. The minimum atomic E-state index is -1.05. The molecule has 0 fully saturated rings. The number of hydrogen-bond donors (Lipinski definition) is 1. The van der Waals surface area contributed by atoms with Gasteiger partial charge in [0.15, 0.2) is 0 Å². The molecule has 7 nitrogen and oxygen atoms in total. The molecular weight excluding hydrogens is 353 g/mol. The smallest absolute Gasteiger partial charge is 0.335 e. The van der Waals surface area contributed by atoms with E-state index in [4.69, 9.17) is 9.94 Å². The highest BCUT2D eigenvalue weighted by Crippen LogP contribution is 2.27. The summed E-state index contributed by atoms with van der Waals surface area (Å²) in [6.45, 7) is 1.93. The standard InChI is InChI=1S/C19H18FN3O4/c1-4-15-17(21-16-10-12(19(25)26)7-8-23(15)16)11-5-6-13(14(20)9-11)18(24)22(2)27-3/h5-10H,4H2,1-3H3,(H,25,26). The van der Waals surface area contributed by atoms with Crippen molar-refractivity contribution in [3.63, 3.8) is 0 Å². The van der Waals surface area contributed by atoms with E-state index in [9.17, 15) is 14.0 Å². The molecule has 140 valence electrons. The number of fused-ring (bicyclic) bond motifs is 1. The predicted molar refractivity (Wildman–Crippen MR) is 96.0 cm³/mol. The second kappa shape index (κ2) is 7.16. The van der Waals surface area contributed by atoms with Gasteiger partial charge in [-0.2, -0.15) is 0 Å². The zero-order valence-corrected chi connectivity index (χ0v) is 15.1. The molecule has 8 heteroatoms. The lowest BCUT2D eigenvalue weighted by Gasteiger charge is -2.14. The summed E-state index contributed by atoms with van der Waals surface area (Å²) in [5.41, 5.74) is 2.32. The van der Waals surface area contributed by atoms with Crippen molar-refractivity contribution in [2.24, 2.45) is 0 Å².